The van der Waals surface area contributed by atoms with Crippen LogP contribution in [-0.2, 0) is 30.2 Å². The summed E-state index contributed by atoms with van der Waals surface area (Å²) < 4.78 is 28.4. The zero-order valence-electron chi connectivity index (χ0n) is 10.6. The van der Waals surface area contributed by atoms with E-state index in [-0.39, 0.29) is 11.6 Å². The minimum Gasteiger partial charge on any atom is -0.320 e. The van der Waals surface area contributed by atoms with Crippen molar-refractivity contribution in [3.05, 3.63) is 23.9 Å². The number of hydrogen-bond donors (Lipinski definition) is 3. The van der Waals surface area contributed by atoms with E-state index in [0.717, 1.165) is 0 Å². The van der Waals surface area contributed by atoms with Crippen molar-refractivity contribution in [2.45, 2.75) is 18.1 Å². The quantitative estimate of drug-likeness (QED) is 0.609. The molecule has 104 valence electrons. The summed E-state index contributed by atoms with van der Waals surface area (Å²) in [5.41, 5.74) is 0.577. The van der Waals surface area contributed by atoms with Crippen molar-refractivity contribution in [1.29, 1.82) is 0 Å². The van der Waals surface area contributed by atoms with Gasteiger partial charge < -0.3 is 9.88 Å². The van der Waals surface area contributed by atoms with E-state index in [1.54, 1.807) is 18.7 Å². The fourth-order valence-corrected chi connectivity index (χ4v) is 2.65. The Morgan fingerprint density at radius 2 is 2.21 bits per heavy atom. The zero-order valence-corrected chi connectivity index (χ0v) is 11.4. The number of nitrogens with zero attached hydrogens (tertiary/aromatic N) is 4. The molecule has 0 fully saturated rings. The molecule has 0 bridgehead atoms. The molecule has 2 aromatic rings. The van der Waals surface area contributed by atoms with E-state index in [9.17, 15) is 8.42 Å². The number of H-pyrrole nitrogens is 1. The second-order valence-corrected chi connectivity index (χ2v) is 5.64. The first-order chi connectivity index (χ1) is 9.04. The van der Waals surface area contributed by atoms with E-state index >= 15 is 0 Å². The largest absolute Gasteiger partial charge is 0.320 e. The number of aromatic nitrogens is 5. The molecule has 2 rings (SSSR count). The molecule has 2 aromatic heterocycles. The van der Waals surface area contributed by atoms with Crippen LogP contribution in [-0.4, -0.2) is 40.4 Å². The van der Waals surface area contributed by atoms with Gasteiger partial charge in [-0.15, -0.1) is 10.2 Å². The number of aromatic amines is 1. The Balaban J connectivity index is 2.14. The van der Waals surface area contributed by atoms with Crippen LogP contribution in [0.1, 0.15) is 11.4 Å². The van der Waals surface area contributed by atoms with Crippen molar-refractivity contribution < 1.29 is 8.42 Å². The molecule has 2 heterocycles. The summed E-state index contributed by atoms with van der Waals surface area (Å²) in [6.45, 7) is 0.480. The van der Waals surface area contributed by atoms with Crippen molar-refractivity contribution in [3.8, 4) is 0 Å². The normalized spacial score (nSPS) is 11.9. The van der Waals surface area contributed by atoms with Gasteiger partial charge in [0.05, 0.1) is 12.7 Å². The lowest BCUT2D eigenvalue weighted by Gasteiger charge is -2.06. The third-order valence-electron chi connectivity index (χ3n) is 2.54. The highest BCUT2D eigenvalue weighted by molar-refractivity contribution is 7.89. The summed E-state index contributed by atoms with van der Waals surface area (Å²) in [7, 11) is -0.177. The Hall–Kier alpha value is -1.78. The Labute approximate surface area is 110 Å². The first-order valence-electron chi connectivity index (χ1n) is 5.54. The molecule has 0 amide bonds. The third-order valence-corrected chi connectivity index (χ3v) is 3.95. The fourth-order valence-electron chi connectivity index (χ4n) is 1.55. The molecule has 0 atom stereocenters. The summed E-state index contributed by atoms with van der Waals surface area (Å²) in [4.78, 5) is 0. The maximum absolute atomic E-state index is 12.1. The van der Waals surface area contributed by atoms with Crippen molar-refractivity contribution in [2.75, 3.05) is 7.05 Å². The molecule has 9 nitrogen and oxygen atoms in total. The molecule has 3 N–H and O–H groups in total. The van der Waals surface area contributed by atoms with Crippen LogP contribution in [0.4, 0.5) is 0 Å². The molecule has 0 aliphatic rings. The summed E-state index contributed by atoms with van der Waals surface area (Å²) in [5.74, 6) is 0.526. The van der Waals surface area contributed by atoms with E-state index in [1.165, 1.54) is 12.5 Å². The van der Waals surface area contributed by atoms with Gasteiger partial charge in [0.2, 0.25) is 0 Å². The van der Waals surface area contributed by atoms with Crippen LogP contribution in [0.15, 0.2) is 17.6 Å². The van der Waals surface area contributed by atoms with Gasteiger partial charge in [0.15, 0.2) is 5.03 Å². The summed E-state index contributed by atoms with van der Waals surface area (Å²) >= 11 is 0. The van der Waals surface area contributed by atoms with Gasteiger partial charge in [0.1, 0.15) is 12.2 Å². The lowest BCUT2D eigenvalue weighted by atomic mass is 10.4. The Morgan fingerprint density at radius 1 is 1.42 bits per heavy atom. The third kappa shape index (κ3) is 2.97. The smallest absolute Gasteiger partial charge is 0.258 e. The zero-order chi connectivity index (χ0) is 13.9. The number of sulfonamides is 1. The second-order valence-electron chi connectivity index (χ2n) is 3.94. The molecule has 0 radical (unpaired) electrons. The van der Waals surface area contributed by atoms with Crippen LogP contribution in [0.2, 0.25) is 0 Å². The molecular formula is C9H15N7O2S. The monoisotopic (exact) mass is 285 g/mol. The van der Waals surface area contributed by atoms with Gasteiger partial charge in [-0.05, 0) is 7.05 Å². The standard InChI is InChI=1S/C9H15N7O2S/c1-10-3-7-4-11-15-9(7)19(17,18)13-5-8-14-12-6-16(8)2/h4,6,10,13H,3,5H2,1-2H3,(H,11,15). The summed E-state index contributed by atoms with van der Waals surface area (Å²) in [6.07, 6.45) is 2.99. The predicted molar refractivity (Wildman–Crippen MR) is 66.4 cm³/mol. The van der Waals surface area contributed by atoms with E-state index in [4.69, 9.17) is 0 Å². The average molecular weight is 285 g/mol. The molecule has 0 aromatic carbocycles. The lowest BCUT2D eigenvalue weighted by molar-refractivity contribution is 0.571. The van der Waals surface area contributed by atoms with Gasteiger partial charge in [-0.1, -0.05) is 0 Å². The van der Waals surface area contributed by atoms with Crippen LogP contribution < -0.4 is 10.0 Å². The second kappa shape index (κ2) is 5.47. The molecule has 19 heavy (non-hydrogen) atoms. The Morgan fingerprint density at radius 3 is 2.84 bits per heavy atom. The maximum Gasteiger partial charge on any atom is 0.258 e. The fraction of sp³-hybridized carbons (Fsp3) is 0.444. The molecule has 0 aliphatic carbocycles. The minimum absolute atomic E-state index is 0.0593. The molecule has 0 saturated carbocycles. The predicted octanol–water partition coefficient (Wildman–Crippen LogP) is -1.26. The molecule has 10 heteroatoms. The van der Waals surface area contributed by atoms with E-state index in [1.807, 2.05) is 0 Å². The number of nitrogens with one attached hydrogen (secondary N) is 3. The van der Waals surface area contributed by atoms with Crippen molar-refractivity contribution >= 4 is 10.0 Å². The topological polar surface area (TPSA) is 118 Å². The van der Waals surface area contributed by atoms with Gasteiger partial charge >= 0.3 is 0 Å². The Bertz CT molecular complexity index is 645. The van der Waals surface area contributed by atoms with Gasteiger partial charge in [-0.2, -0.15) is 5.10 Å². The highest BCUT2D eigenvalue weighted by Gasteiger charge is 2.20. The summed E-state index contributed by atoms with van der Waals surface area (Å²) in [5, 5.41) is 16.7. The van der Waals surface area contributed by atoms with Crippen molar-refractivity contribution in [2.24, 2.45) is 7.05 Å². The summed E-state index contributed by atoms with van der Waals surface area (Å²) in [6, 6.07) is 0. The first kappa shape index (κ1) is 13.6. The van der Waals surface area contributed by atoms with Crippen LogP contribution in [0, 0.1) is 0 Å². The van der Waals surface area contributed by atoms with Crippen molar-refractivity contribution in [1.82, 2.24) is 35.0 Å². The van der Waals surface area contributed by atoms with E-state index in [2.05, 4.69) is 30.4 Å². The molecule has 0 unspecified atom stereocenters. The van der Waals surface area contributed by atoms with E-state index in [0.29, 0.717) is 17.9 Å². The number of rotatable bonds is 6. The van der Waals surface area contributed by atoms with E-state index < -0.39 is 10.0 Å². The lowest BCUT2D eigenvalue weighted by Crippen LogP contribution is -2.26. The number of aryl methyl sites for hydroxylation is 1. The SMILES string of the molecule is CNCc1cn[nH]c1S(=O)(=O)NCc1nncn1C. The van der Waals surface area contributed by atoms with Gasteiger partial charge in [-0.3, -0.25) is 5.10 Å². The van der Waals surface area contributed by atoms with Crippen LogP contribution in [0.5, 0.6) is 0 Å². The first-order valence-corrected chi connectivity index (χ1v) is 7.02. The highest BCUT2D eigenvalue weighted by Crippen LogP contribution is 2.11. The van der Waals surface area contributed by atoms with Crippen molar-refractivity contribution in [3.63, 3.8) is 0 Å². The minimum atomic E-state index is -3.65. The van der Waals surface area contributed by atoms with Crippen LogP contribution in [0.3, 0.4) is 0 Å². The van der Waals surface area contributed by atoms with Crippen LogP contribution in [0.25, 0.3) is 0 Å². The average Bonchev–Trinajstić information content (AvgIpc) is 2.97. The Kier molecular flexibility index (Phi) is 3.93. The van der Waals surface area contributed by atoms with Crippen LogP contribution >= 0.6 is 0 Å². The number of hydrogen-bond acceptors (Lipinski definition) is 6. The van der Waals surface area contributed by atoms with Gasteiger partial charge in [0, 0.05) is 19.2 Å². The molecule has 0 spiro atoms. The molecule has 0 aliphatic heterocycles. The maximum atomic E-state index is 12.1. The highest BCUT2D eigenvalue weighted by atomic mass is 32.2. The molecule has 0 saturated heterocycles. The van der Waals surface area contributed by atoms with Gasteiger partial charge in [-0.25, -0.2) is 13.1 Å². The molecular weight excluding hydrogens is 270 g/mol. The van der Waals surface area contributed by atoms with Gasteiger partial charge in [0.25, 0.3) is 10.0 Å².